The van der Waals surface area contributed by atoms with Gasteiger partial charge in [0.1, 0.15) is 0 Å². The molecule has 3 heterocycles. The van der Waals surface area contributed by atoms with Gasteiger partial charge in [-0.3, -0.25) is 9.59 Å². The van der Waals surface area contributed by atoms with Crippen LogP contribution in [0.5, 0.6) is 0 Å². The van der Waals surface area contributed by atoms with Crippen LogP contribution in [0.15, 0.2) is 206 Å². The molecule has 0 N–H and O–H groups in total. The summed E-state index contributed by atoms with van der Waals surface area (Å²) in [5.41, 5.74) is -3.81. The fourth-order valence-electron chi connectivity index (χ4n) is 11.8. The topological polar surface area (TPSA) is 71.0 Å². The second kappa shape index (κ2) is 19.3. The molecule has 0 bridgehead atoms. The average molecular weight is 1160 g/mol. The van der Waals surface area contributed by atoms with Crippen molar-refractivity contribution in [1.82, 2.24) is 9.13 Å². The van der Waals surface area contributed by atoms with E-state index in [1.807, 2.05) is 18.2 Å². The van der Waals surface area contributed by atoms with E-state index >= 15 is 9.59 Å². The average Bonchev–Trinajstić information content (AvgIpc) is 3.41. The highest BCUT2D eigenvalue weighted by Gasteiger charge is 2.43. The number of benzene rings is 10. The van der Waals surface area contributed by atoms with Crippen molar-refractivity contribution in [3.05, 3.63) is 245 Å². The van der Waals surface area contributed by atoms with Gasteiger partial charge in [0.05, 0.1) is 84.1 Å². The largest absolute Gasteiger partial charge is 0.417 e. The van der Waals surface area contributed by atoms with Crippen molar-refractivity contribution in [2.24, 2.45) is 0 Å². The van der Waals surface area contributed by atoms with Crippen LogP contribution in [0, 0.1) is 11.3 Å². The molecule has 2 amide bonds. The summed E-state index contributed by atoms with van der Waals surface area (Å²) in [7, 11) is 0. The summed E-state index contributed by atoms with van der Waals surface area (Å²) in [6.07, 6.45) is -20.6. The summed E-state index contributed by atoms with van der Waals surface area (Å²) in [6.45, 7) is 0. The molecule has 18 heteroatoms. The quantitative estimate of drug-likeness (QED) is 0.118. The van der Waals surface area contributed by atoms with Gasteiger partial charge in [-0.25, -0.2) is 4.90 Å². The Morgan fingerprint density at radius 2 is 0.776 bits per heavy atom. The number of rotatable bonds is 7. The molecular formula is C67H34F12N4O2. The Bertz CT molecular complexity index is 4630. The summed E-state index contributed by atoms with van der Waals surface area (Å²) in [6, 6.07) is 50.4. The van der Waals surface area contributed by atoms with E-state index in [1.54, 1.807) is 106 Å². The molecule has 418 valence electrons. The van der Waals surface area contributed by atoms with Crippen LogP contribution in [0.3, 0.4) is 0 Å². The summed E-state index contributed by atoms with van der Waals surface area (Å²) in [4.78, 5) is 31.7. The van der Waals surface area contributed by atoms with Crippen LogP contribution in [0.1, 0.15) is 48.5 Å². The zero-order valence-corrected chi connectivity index (χ0v) is 43.3. The van der Waals surface area contributed by atoms with Crippen molar-refractivity contribution in [3.63, 3.8) is 0 Å². The summed E-state index contributed by atoms with van der Waals surface area (Å²) in [5.74, 6) is -1.42. The molecule has 0 atom stereocenters. The van der Waals surface area contributed by atoms with Gasteiger partial charge < -0.3 is 9.13 Å². The van der Waals surface area contributed by atoms with E-state index < -0.39 is 69.9 Å². The number of halogens is 12. The van der Waals surface area contributed by atoms with E-state index in [4.69, 9.17) is 0 Å². The number of carbonyl (C=O) groups excluding carboxylic acids is 2. The van der Waals surface area contributed by atoms with Crippen molar-refractivity contribution in [3.8, 4) is 62.0 Å². The number of hydrogen-bond donors (Lipinski definition) is 0. The lowest BCUT2D eigenvalue weighted by Gasteiger charge is -2.22. The highest BCUT2D eigenvalue weighted by atomic mass is 19.4. The van der Waals surface area contributed by atoms with E-state index in [1.165, 1.54) is 54.6 Å². The first-order chi connectivity index (χ1) is 40.5. The molecule has 13 rings (SSSR count). The number of nitrogens with zero attached hydrogens (tertiary/aromatic N) is 4. The molecule has 0 fully saturated rings. The molecule has 0 saturated heterocycles. The van der Waals surface area contributed by atoms with Crippen LogP contribution in [0.4, 0.5) is 58.4 Å². The maximum absolute atomic E-state index is 15.6. The van der Waals surface area contributed by atoms with Gasteiger partial charge >= 0.3 is 24.7 Å². The van der Waals surface area contributed by atoms with Gasteiger partial charge in [-0.05, 0) is 118 Å². The third-order valence-corrected chi connectivity index (χ3v) is 15.4. The lowest BCUT2D eigenvalue weighted by Crippen LogP contribution is -2.30. The zero-order chi connectivity index (χ0) is 59.6. The van der Waals surface area contributed by atoms with E-state index in [2.05, 4.69) is 6.07 Å². The highest BCUT2D eigenvalue weighted by Crippen LogP contribution is 2.50. The van der Waals surface area contributed by atoms with E-state index in [0.717, 1.165) is 17.0 Å². The van der Waals surface area contributed by atoms with Crippen LogP contribution < -0.4 is 4.90 Å². The van der Waals surface area contributed by atoms with Gasteiger partial charge in [-0.15, -0.1) is 0 Å². The Labute approximate surface area is 472 Å². The number of hydrogen-bond acceptors (Lipinski definition) is 3. The van der Waals surface area contributed by atoms with Crippen molar-refractivity contribution in [2.45, 2.75) is 24.7 Å². The highest BCUT2D eigenvalue weighted by molar-refractivity contribution is 6.37. The number of alkyl halides is 12. The number of anilines is 1. The summed E-state index contributed by atoms with van der Waals surface area (Å²) >= 11 is 0. The van der Waals surface area contributed by atoms with Gasteiger partial charge in [0.15, 0.2) is 0 Å². The molecule has 1 aliphatic rings. The normalized spacial score (nSPS) is 13.2. The number of para-hydroxylation sites is 3. The van der Waals surface area contributed by atoms with Crippen molar-refractivity contribution in [1.29, 1.82) is 5.26 Å². The molecule has 2 aromatic heterocycles. The van der Waals surface area contributed by atoms with E-state index in [0.29, 0.717) is 66.9 Å². The molecular weight excluding hydrogens is 1120 g/mol. The number of fused-ring (bicyclic) bond motifs is 7. The van der Waals surface area contributed by atoms with Crippen LogP contribution in [-0.2, 0) is 24.7 Å². The van der Waals surface area contributed by atoms with Gasteiger partial charge in [0, 0.05) is 32.7 Å². The minimum Gasteiger partial charge on any atom is -0.308 e. The minimum absolute atomic E-state index is 0.00592. The number of imide groups is 1. The summed E-state index contributed by atoms with van der Waals surface area (Å²) in [5, 5.41) is 12.6. The molecule has 0 aliphatic carbocycles. The van der Waals surface area contributed by atoms with Crippen molar-refractivity contribution in [2.75, 3.05) is 4.90 Å². The first kappa shape index (κ1) is 53.9. The molecule has 12 aromatic rings. The third kappa shape index (κ3) is 8.84. The van der Waals surface area contributed by atoms with Gasteiger partial charge in [0.25, 0.3) is 11.8 Å². The zero-order valence-electron chi connectivity index (χ0n) is 43.3. The second-order valence-electron chi connectivity index (χ2n) is 20.2. The predicted octanol–water partition coefficient (Wildman–Crippen LogP) is 19.3. The van der Waals surface area contributed by atoms with Gasteiger partial charge in [-0.1, -0.05) is 121 Å². The van der Waals surface area contributed by atoms with Gasteiger partial charge in [0.2, 0.25) is 0 Å². The molecule has 0 spiro atoms. The molecule has 0 radical (unpaired) electrons. The number of carbonyl (C=O) groups is 2. The molecule has 0 unspecified atom stereocenters. The lowest BCUT2D eigenvalue weighted by atomic mass is 9.92. The third-order valence-electron chi connectivity index (χ3n) is 15.4. The van der Waals surface area contributed by atoms with Gasteiger partial charge in [-0.2, -0.15) is 57.9 Å². The number of aromatic nitrogens is 2. The Kier molecular flexibility index (Phi) is 12.3. The first-order valence-corrected chi connectivity index (χ1v) is 25.9. The number of nitriles is 1. The fourth-order valence-corrected chi connectivity index (χ4v) is 11.8. The SMILES string of the molecule is N#Cc1cc(-n2c3ccccc3c3cc(-c4ccc(C(F)(F)F)cc4C(F)(F)F)ccc32)c(-c2cccc3c2C(=O)N(c2ccccc2-c2ccccc2)C3=O)c(-n2c3ccccc3c3cc(-c4ccc(C(F)(F)F)cc4C(F)(F)F)ccc32)c1. The lowest BCUT2D eigenvalue weighted by molar-refractivity contribution is -0.144. The Morgan fingerprint density at radius 1 is 0.329 bits per heavy atom. The van der Waals surface area contributed by atoms with E-state index in [-0.39, 0.29) is 68.1 Å². The Hall–Kier alpha value is -10.4. The minimum atomic E-state index is -5.22. The first-order valence-electron chi connectivity index (χ1n) is 25.9. The standard InChI is InChI=1S/C67H34F12N4O2/c68-64(69,70)40-23-25-42(51(33-40)66(74,75)76)38-21-27-56-49(31-38)45-14-5-8-19-54(45)81(56)58-29-36(35-80)30-59(61(58)47-16-10-17-48-60(47)63(85)83(62(48)84)53-18-7-4-13-44(53)37-11-2-1-3-12-37)82-55-20-9-6-15-46(55)50-32-39(22-28-57(50)82)43-26-24-41(65(71,72)73)34-52(43)67(77,78)79/h1-34H. The van der Waals surface area contributed by atoms with Crippen LogP contribution in [0.2, 0.25) is 0 Å². The molecule has 85 heavy (non-hydrogen) atoms. The molecule has 10 aromatic carbocycles. The fraction of sp³-hybridized carbons (Fsp3) is 0.0597. The molecule has 0 saturated carbocycles. The van der Waals surface area contributed by atoms with E-state index in [9.17, 15) is 57.9 Å². The molecule has 6 nitrogen and oxygen atoms in total. The molecule has 1 aliphatic heterocycles. The summed E-state index contributed by atoms with van der Waals surface area (Å²) < 4.78 is 175. The second-order valence-corrected chi connectivity index (χ2v) is 20.2. The maximum Gasteiger partial charge on any atom is 0.417 e. The smallest absolute Gasteiger partial charge is 0.308 e. The maximum atomic E-state index is 15.6. The Balaban J connectivity index is 1.11. The van der Waals surface area contributed by atoms with Crippen LogP contribution in [-0.4, -0.2) is 20.9 Å². The van der Waals surface area contributed by atoms with Crippen LogP contribution >= 0.6 is 0 Å². The number of amides is 2. The van der Waals surface area contributed by atoms with Crippen molar-refractivity contribution >= 4 is 61.1 Å². The predicted molar refractivity (Wildman–Crippen MR) is 299 cm³/mol. The van der Waals surface area contributed by atoms with Crippen LogP contribution in [0.25, 0.3) is 99.5 Å². The Morgan fingerprint density at radius 3 is 1.27 bits per heavy atom. The van der Waals surface area contributed by atoms with Crippen molar-refractivity contribution < 1.29 is 62.3 Å². The monoisotopic (exact) mass is 1150 g/mol.